The van der Waals surface area contributed by atoms with E-state index in [1.807, 2.05) is 0 Å². The second kappa shape index (κ2) is 23.8. The normalized spacial score (nSPS) is 0. The van der Waals surface area contributed by atoms with E-state index in [4.69, 9.17) is 0 Å². The molecule has 4 heteroatoms. The summed E-state index contributed by atoms with van der Waals surface area (Å²) in [4.78, 5) is 0. The number of hydrogen-bond acceptors (Lipinski definition) is 0. The Hall–Kier alpha value is 1.56. The zero-order valence-corrected chi connectivity index (χ0v) is 5.56. The molecule has 11 valence electrons. The van der Waals surface area contributed by atoms with Crippen molar-refractivity contribution in [3.05, 3.63) is 0 Å². The van der Waals surface area contributed by atoms with Crippen molar-refractivity contribution in [3.63, 3.8) is 0 Å². The maximum atomic E-state index is 0. The average Bonchev–Trinajstić information content (AvgIpc) is 0. The van der Waals surface area contributed by atoms with E-state index in [1.165, 1.54) is 0 Å². The van der Waals surface area contributed by atoms with Gasteiger partial charge in [0.05, 0.1) is 0 Å². The minimum Gasteiger partial charge on any atom is -2.00 e. The molecule has 0 aliphatic heterocycles. The van der Waals surface area contributed by atoms with Gasteiger partial charge in [0.1, 0.15) is 0 Å². The molecule has 0 rings (SSSR count). The number of rotatable bonds is 0. The number of hydrogen-bond donors (Lipinski definition) is 0. The van der Waals surface area contributed by atoms with Gasteiger partial charge in [-0.25, -0.2) is 0 Å². The first-order valence-electron chi connectivity index (χ1n) is 0. The molecule has 0 bridgehead atoms. The van der Waals surface area contributed by atoms with Gasteiger partial charge in [0.25, 0.3) is 0 Å². The monoisotopic (exact) mass is 122 g/mol. The first-order chi connectivity index (χ1) is 0. The molecule has 0 atom stereocenters. The van der Waals surface area contributed by atoms with Crippen molar-refractivity contribution in [2.45, 2.75) is 0 Å². The Labute approximate surface area is 57.5 Å². The molecule has 0 spiro atoms. The fourth-order valence-electron chi connectivity index (χ4n) is 0. The van der Waals surface area contributed by atoms with E-state index in [0.717, 1.165) is 0 Å². The second-order valence-electron chi connectivity index (χ2n) is 0. The van der Waals surface area contributed by atoms with E-state index in [0.29, 0.717) is 0 Å². The second-order valence-corrected chi connectivity index (χ2v) is 0. The summed E-state index contributed by atoms with van der Waals surface area (Å²) in [5.74, 6) is 0. The molecule has 0 N–H and O–H groups in total. The predicted molar refractivity (Wildman–Crippen MR) is 12.2 cm³/mol. The summed E-state index contributed by atoms with van der Waals surface area (Å²) in [5, 5.41) is 0. The van der Waals surface area contributed by atoms with Crippen molar-refractivity contribution in [1.29, 1.82) is 0 Å². The van der Waals surface area contributed by atoms with Crippen LogP contribution < -0.4 is 0 Å². The molecular weight excluding hydrogens is 122 g/mol. The van der Waals surface area contributed by atoms with E-state index >= 15 is 0 Å². The van der Waals surface area contributed by atoms with E-state index in [9.17, 15) is 0 Å². The quantitative estimate of drug-likeness (QED) is 0.373. The largest absolute Gasteiger partial charge is 3.00 e. The smallest absolute Gasteiger partial charge is 2.00 e. The molecule has 0 amide bonds. The molecule has 0 aromatic heterocycles. The molecule has 0 fully saturated rings. The van der Waals surface area contributed by atoms with Crippen LogP contribution in [0.15, 0.2) is 0 Å². The summed E-state index contributed by atoms with van der Waals surface area (Å²) in [6, 6.07) is 0. The van der Waals surface area contributed by atoms with Crippen LogP contribution in [0.25, 0.3) is 0 Å². The molecule has 4 heavy (non-hydrogen) atoms. The molecule has 0 aliphatic rings. The van der Waals surface area contributed by atoms with E-state index in [-0.39, 0.29) is 57.6 Å². The standard InChI is InChI=1S/2Al.Cr.O/q3*+3;-2. The Morgan fingerprint density at radius 1 is 0.750 bits per heavy atom. The van der Waals surface area contributed by atoms with Gasteiger partial charge in [-0.1, -0.05) is 0 Å². The Morgan fingerprint density at radius 3 is 0.750 bits per heavy atom. The molecule has 1 nitrogen and oxygen atoms in total. The van der Waals surface area contributed by atoms with Crippen LogP contribution >= 0.6 is 0 Å². The Bertz CT molecular complexity index is 6.00. The average molecular weight is 122 g/mol. The summed E-state index contributed by atoms with van der Waals surface area (Å²) in [5.41, 5.74) is 0. The minimum atomic E-state index is 0. The SMILES string of the molecule is [Al+3].[Al+3].[Cr+3].[O-2]. The van der Waals surface area contributed by atoms with Crippen LogP contribution in [0.2, 0.25) is 0 Å². The van der Waals surface area contributed by atoms with E-state index < -0.39 is 0 Å². The summed E-state index contributed by atoms with van der Waals surface area (Å²) in [6.07, 6.45) is 0. The van der Waals surface area contributed by atoms with Crippen LogP contribution in [0.3, 0.4) is 0 Å². The van der Waals surface area contributed by atoms with Crippen LogP contribution in [-0.2, 0) is 22.8 Å². The van der Waals surface area contributed by atoms with Gasteiger partial charge in [-0.2, -0.15) is 0 Å². The Morgan fingerprint density at radius 2 is 0.750 bits per heavy atom. The Kier molecular flexibility index (Phi) is 283. The van der Waals surface area contributed by atoms with Gasteiger partial charge in [0.15, 0.2) is 0 Å². The van der Waals surface area contributed by atoms with Crippen LogP contribution in [-0.4, -0.2) is 34.7 Å². The van der Waals surface area contributed by atoms with Crippen molar-refractivity contribution in [3.8, 4) is 0 Å². The minimum absolute atomic E-state index is 0. The van der Waals surface area contributed by atoms with Crippen LogP contribution in [0.5, 0.6) is 0 Å². The third kappa shape index (κ3) is 9.59. The van der Waals surface area contributed by atoms with Crippen LogP contribution in [0.1, 0.15) is 0 Å². The van der Waals surface area contributed by atoms with Crippen molar-refractivity contribution < 1.29 is 22.8 Å². The van der Waals surface area contributed by atoms with Crippen molar-refractivity contribution >= 4 is 34.7 Å². The van der Waals surface area contributed by atoms with Gasteiger partial charge >= 0.3 is 52.1 Å². The van der Waals surface area contributed by atoms with Gasteiger partial charge in [-0.3, -0.25) is 0 Å². The van der Waals surface area contributed by atoms with Crippen molar-refractivity contribution in [2.24, 2.45) is 0 Å². The summed E-state index contributed by atoms with van der Waals surface area (Å²) >= 11 is 0. The van der Waals surface area contributed by atoms with Crippen molar-refractivity contribution in [2.75, 3.05) is 0 Å². The third-order valence-electron chi connectivity index (χ3n) is 0. The summed E-state index contributed by atoms with van der Waals surface area (Å²) < 4.78 is 0. The fraction of sp³-hybridized carbons (Fsp3) is 0. The molecule has 0 saturated carbocycles. The van der Waals surface area contributed by atoms with Gasteiger partial charge < -0.3 is 5.48 Å². The van der Waals surface area contributed by atoms with Crippen molar-refractivity contribution in [1.82, 2.24) is 0 Å². The zero-order chi connectivity index (χ0) is 0. The van der Waals surface area contributed by atoms with Gasteiger partial charge in [-0.05, 0) is 0 Å². The van der Waals surface area contributed by atoms with Gasteiger partial charge in [0, 0.05) is 0 Å². The third-order valence-corrected chi connectivity index (χ3v) is 0. The van der Waals surface area contributed by atoms with E-state index in [1.54, 1.807) is 0 Å². The topological polar surface area (TPSA) is 28.5 Å². The van der Waals surface area contributed by atoms with Gasteiger partial charge in [0.2, 0.25) is 0 Å². The molecule has 0 saturated heterocycles. The first-order valence-corrected chi connectivity index (χ1v) is 0. The molecule has 1 radical (unpaired) electrons. The Balaban J connectivity index is 0. The molecule has 0 aliphatic carbocycles. The molecular formula is Al2CrO+7. The molecule has 0 aromatic carbocycles. The predicted octanol–water partition coefficient (Wildman–Crippen LogP) is -0.883. The van der Waals surface area contributed by atoms with Crippen LogP contribution in [0, 0.1) is 0 Å². The summed E-state index contributed by atoms with van der Waals surface area (Å²) in [6.45, 7) is 0. The fourth-order valence-corrected chi connectivity index (χ4v) is 0. The van der Waals surface area contributed by atoms with Crippen LogP contribution in [0.4, 0.5) is 0 Å². The molecule has 0 aromatic rings. The molecule has 0 heterocycles. The van der Waals surface area contributed by atoms with Gasteiger partial charge in [-0.15, -0.1) is 0 Å². The van der Waals surface area contributed by atoms with E-state index in [2.05, 4.69) is 0 Å². The summed E-state index contributed by atoms with van der Waals surface area (Å²) in [7, 11) is 0. The molecule has 0 unspecified atom stereocenters. The first kappa shape index (κ1) is 47.6. The maximum absolute atomic E-state index is 0. The maximum Gasteiger partial charge on any atom is 3.00 e. The zero-order valence-electron chi connectivity index (χ0n) is 1.97.